The van der Waals surface area contributed by atoms with Gasteiger partial charge in [-0.05, 0) is 62.1 Å². The van der Waals surface area contributed by atoms with Gasteiger partial charge < -0.3 is 10.1 Å². The zero-order valence-electron chi connectivity index (χ0n) is 25.4. The molecule has 3 heterocycles. The molecule has 2 saturated heterocycles. The monoisotopic (exact) mass is 617 g/mol. The number of carbonyl (C=O) groups excluding carboxylic acids is 1. The van der Waals surface area contributed by atoms with Crippen molar-refractivity contribution in [2.24, 2.45) is 14.1 Å². The number of hydrogen-bond donors (Lipinski definition) is 1. The van der Waals surface area contributed by atoms with Crippen LogP contribution in [0.25, 0.3) is 11.0 Å². The molecule has 1 N–H and O–H groups in total. The van der Waals surface area contributed by atoms with Crippen LogP contribution in [-0.2, 0) is 40.1 Å². The molecule has 232 valence electrons. The molecule has 4 aromatic rings. The lowest BCUT2D eigenvalue weighted by Crippen LogP contribution is -2.62. The first-order valence-corrected chi connectivity index (χ1v) is 16.4. The molecule has 2 fully saturated rings. The molecule has 1 spiro atoms. The van der Waals surface area contributed by atoms with E-state index in [1.54, 1.807) is 45.7 Å². The Kier molecular flexibility index (Phi) is 8.23. The van der Waals surface area contributed by atoms with Crippen molar-refractivity contribution < 1.29 is 17.9 Å². The van der Waals surface area contributed by atoms with Crippen molar-refractivity contribution in [1.29, 1.82) is 0 Å². The number of aryl methyl sites for hydroxylation is 3. The summed E-state index contributed by atoms with van der Waals surface area (Å²) in [5, 5.41) is 2.96. The molecule has 1 atom stereocenters. The van der Waals surface area contributed by atoms with E-state index in [0.29, 0.717) is 49.5 Å². The Morgan fingerprint density at radius 1 is 0.955 bits per heavy atom. The number of amides is 1. The SMILES string of the molecule is Cc1ccc(S(=O)(=O)N2CC3(CCN(CC(=O)Nc4ccc5c(c4)n(C)c(=O)n5C)CC3)OC[C@H]2Cc2ccccc2)cc1. The minimum Gasteiger partial charge on any atom is -0.372 e. The molecule has 11 heteroatoms. The van der Waals surface area contributed by atoms with Gasteiger partial charge in [-0.25, -0.2) is 13.2 Å². The number of carbonyl (C=O) groups is 1. The Bertz CT molecular complexity index is 1820. The number of hydrogen-bond acceptors (Lipinski definition) is 6. The lowest BCUT2D eigenvalue weighted by Gasteiger charge is -2.49. The van der Waals surface area contributed by atoms with Crippen LogP contribution in [0.5, 0.6) is 0 Å². The molecule has 3 aromatic carbocycles. The summed E-state index contributed by atoms with van der Waals surface area (Å²) in [4.78, 5) is 27.6. The average Bonchev–Trinajstić information content (AvgIpc) is 3.23. The second-order valence-corrected chi connectivity index (χ2v) is 14.0. The summed E-state index contributed by atoms with van der Waals surface area (Å²) in [7, 11) is -0.320. The van der Waals surface area contributed by atoms with Gasteiger partial charge in [-0.3, -0.25) is 18.8 Å². The van der Waals surface area contributed by atoms with E-state index in [0.717, 1.165) is 22.2 Å². The van der Waals surface area contributed by atoms with E-state index >= 15 is 0 Å². The number of morpholine rings is 1. The number of anilines is 1. The number of ether oxygens (including phenoxy) is 1. The number of benzene rings is 3. The zero-order chi connectivity index (χ0) is 31.1. The number of imidazole rings is 1. The lowest BCUT2D eigenvalue weighted by atomic mass is 9.88. The van der Waals surface area contributed by atoms with Gasteiger partial charge in [0.2, 0.25) is 15.9 Å². The third-order valence-electron chi connectivity index (χ3n) is 9.07. The van der Waals surface area contributed by atoms with E-state index in [4.69, 9.17) is 4.74 Å². The van der Waals surface area contributed by atoms with Crippen LogP contribution < -0.4 is 11.0 Å². The summed E-state index contributed by atoms with van der Waals surface area (Å²) in [5.74, 6) is -0.141. The molecule has 2 aliphatic rings. The molecular formula is C33H39N5O5S. The highest BCUT2D eigenvalue weighted by atomic mass is 32.2. The Balaban J connectivity index is 1.13. The predicted octanol–water partition coefficient (Wildman–Crippen LogP) is 3.29. The number of aromatic nitrogens is 2. The first-order valence-electron chi connectivity index (χ1n) is 15.0. The van der Waals surface area contributed by atoms with Crippen LogP contribution in [-0.4, -0.2) is 77.1 Å². The highest BCUT2D eigenvalue weighted by Gasteiger charge is 2.47. The van der Waals surface area contributed by atoms with Crippen molar-refractivity contribution >= 4 is 32.7 Å². The van der Waals surface area contributed by atoms with Gasteiger partial charge in [-0.2, -0.15) is 4.31 Å². The summed E-state index contributed by atoms with van der Waals surface area (Å²) < 4.78 is 39.4. The molecule has 0 radical (unpaired) electrons. The smallest absolute Gasteiger partial charge is 0.328 e. The van der Waals surface area contributed by atoms with Gasteiger partial charge in [0.15, 0.2) is 0 Å². The largest absolute Gasteiger partial charge is 0.372 e. The van der Waals surface area contributed by atoms with E-state index in [1.807, 2.05) is 61.5 Å². The maximum Gasteiger partial charge on any atom is 0.328 e. The van der Waals surface area contributed by atoms with Crippen molar-refractivity contribution in [2.45, 2.75) is 42.7 Å². The standard InChI is InChI=1S/C33H39N5O5S/c1-24-9-12-28(13-10-24)44(41,42)38-23-33(43-22-27(38)19-25-7-5-4-6-8-25)15-17-37(18-16-33)21-31(39)34-26-11-14-29-30(20-26)36(3)32(40)35(29)2/h4-14,20,27H,15-19,21-23H2,1-3H3,(H,34,39)/t27-/m1/s1. The highest BCUT2D eigenvalue weighted by Crippen LogP contribution is 2.36. The van der Waals surface area contributed by atoms with E-state index in [-0.39, 0.29) is 30.7 Å². The van der Waals surface area contributed by atoms with Crippen LogP contribution in [0.15, 0.2) is 82.5 Å². The summed E-state index contributed by atoms with van der Waals surface area (Å²) in [6, 6.07) is 22.1. The van der Waals surface area contributed by atoms with Crippen LogP contribution in [0.3, 0.4) is 0 Å². The third-order valence-corrected chi connectivity index (χ3v) is 11.0. The van der Waals surface area contributed by atoms with E-state index in [1.165, 1.54) is 0 Å². The van der Waals surface area contributed by atoms with Crippen molar-refractivity contribution in [3.63, 3.8) is 0 Å². The maximum absolute atomic E-state index is 14.0. The Labute approximate surface area is 257 Å². The van der Waals surface area contributed by atoms with Crippen molar-refractivity contribution in [3.8, 4) is 0 Å². The fourth-order valence-electron chi connectivity index (χ4n) is 6.40. The first-order chi connectivity index (χ1) is 21.0. The molecule has 0 saturated carbocycles. The van der Waals surface area contributed by atoms with Gasteiger partial charge in [-0.1, -0.05) is 48.0 Å². The third kappa shape index (κ3) is 5.97. The molecule has 10 nitrogen and oxygen atoms in total. The van der Waals surface area contributed by atoms with Gasteiger partial charge in [0.1, 0.15) is 0 Å². The van der Waals surface area contributed by atoms with Gasteiger partial charge in [0, 0.05) is 39.4 Å². The maximum atomic E-state index is 14.0. The highest BCUT2D eigenvalue weighted by molar-refractivity contribution is 7.89. The molecule has 1 amide bonds. The Morgan fingerprint density at radius 2 is 1.64 bits per heavy atom. The van der Waals surface area contributed by atoms with Gasteiger partial charge >= 0.3 is 5.69 Å². The average molecular weight is 618 g/mol. The zero-order valence-corrected chi connectivity index (χ0v) is 26.2. The predicted molar refractivity (Wildman–Crippen MR) is 170 cm³/mol. The summed E-state index contributed by atoms with van der Waals surface area (Å²) in [6.45, 7) is 3.96. The molecule has 0 bridgehead atoms. The minimum atomic E-state index is -3.76. The van der Waals surface area contributed by atoms with Crippen LogP contribution >= 0.6 is 0 Å². The van der Waals surface area contributed by atoms with Crippen molar-refractivity contribution in [3.05, 3.63) is 94.4 Å². The fraction of sp³-hybridized carbons (Fsp3) is 0.394. The van der Waals surface area contributed by atoms with Crippen LogP contribution in [0.2, 0.25) is 0 Å². The number of likely N-dealkylation sites (tertiary alicyclic amines) is 1. The molecular weight excluding hydrogens is 578 g/mol. The van der Waals surface area contributed by atoms with Crippen LogP contribution in [0.1, 0.15) is 24.0 Å². The Morgan fingerprint density at radius 3 is 2.34 bits per heavy atom. The van der Waals surface area contributed by atoms with Crippen molar-refractivity contribution in [2.75, 3.05) is 38.1 Å². The number of fused-ring (bicyclic) bond motifs is 1. The summed E-state index contributed by atoms with van der Waals surface area (Å²) >= 11 is 0. The van der Waals surface area contributed by atoms with E-state index in [9.17, 15) is 18.0 Å². The number of nitrogens with zero attached hydrogens (tertiary/aromatic N) is 4. The normalized spacial score (nSPS) is 19.4. The second kappa shape index (κ2) is 12.0. The van der Waals surface area contributed by atoms with Gasteiger partial charge in [-0.15, -0.1) is 0 Å². The summed E-state index contributed by atoms with van der Waals surface area (Å²) in [6.07, 6.45) is 1.81. The quantitative estimate of drug-likeness (QED) is 0.341. The molecule has 2 aliphatic heterocycles. The number of rotatable bonds is 7. The van der Waals surface area contributed by atoms with Gasteiger partial charge in [0.05, 0.1) is 40.7 Å². The number of nitrogens with one attached hydrogen (secondary N) is 1. The minimum absolute atomic E-state index is 0.118. The van der Waals surface area contributed by atoms with Crippen molar-refractivity contribution in [1.82, 2.24) is 18.3 Å². The van der Waals surface area contributed by atoms with Crippen LogP contribution in [0.4, 0.5) is 5.69 Å². The number of sulfonamides is 1. The summed E-state index contributed by atoms with van der Waals surface area (Å²) in [5.41, 5.74) is 3.53. The van der Waals surface area contributed by atoms with E-state index in [2.05, 4.69) is 10.2 Å². The molecule has 0 unspecified atom stereocenters. The second-order valence-electron chi connectivity index (χ2n) is 12.1. The fourth-order valence-corrected chi connectivity index (χ4v) is 8.08. The molecule has 0 aliphatic carbocycles. The van der Waals surface area contributed by atoms with Gasteiger partial charge in [0.25, 0.3) is 0 Å². The Hall–Kier alpha value is -3.77. The topological polar surface area (TPSA) is 106 Å². The number of piperidine rings is 1. The van der Waals surface area contributed by atoms with E-state index < -0.39 is 15.6 Å². The molecule has 44 heavy (non-hydrogen) atoms. The lowest BCUT2D eigenvalue weighted by molar-refractivity contribution is -0.139. The molecule has 6 rings (SSSR count). The molecule has 1 aromatic heterocycles. The van der Waals surface area contributed by atoms with Crippen LogP contribution in [0, 0.1) is 6.92 Å². The first kappa shape index (κ1) is 30.3.